The molecule has 1 aromatic heterocycles. The summed E-state index contributed by atoms with van der Waals surface area (Å²) in [6.07, 6.45) is 1.19. The van der Waals surface area contributed by atoms with E-state index in [1.165, 1.54) is 31.4 Å². The second-order valence-electron chi connectivity index (χ2n) is 21.3. The Morgan fingerprint density at radius 1 is 0.759 bits per heavy atom. The summed E-state index contributed by atoms with van der Waals surface area (Å²) >= 11 is 1.18. The van der Waals surface area contributed by atoms with E-state index in [0.29, 0.717) is 38.4 Å². The molecule has 0 aromatic carbocycles. The molecule has 0 saturated carbocycles. The van der Waals surface area contributed by atoms with Crippen LogP contribution in [-0.4, -0.2) is 221 Å². The first-order chi connectivity index (χ1) is 41.3. The third-order valence-electron chi connectivity index (χ3n) is 13.9. The lowest BCUT2D eigenvalue weighted by Crippen LogP contribution is -2.55. The van der Waals surface area contributed by atoms with Crippen LogP contribution in [-0.2, 0) is 78.2 Å². The monoisotopic (exact) mass is 1250 g/mol. The number of carboxylic acid groups (broad SMARTS) is 1. The van der Waals surface area contributed by atoms with Gasteiger partial charge in [0.2, 0.25) is 53.2 Å². The first-order valence-electron chi connectivity index (χ1n) is 28.5. The van der Waals surface area contributed by atoms with Crippen LogP contribution in [0.15, 0.2) is 17.5 Å². The Balaban J connectivity index is 2.20. The number of imidazole rings is 1. The summed E-state index contributed by atoms with van der Waals surface area (Å²) in [5.74, 6) is -16.9. The van der Waals surface area contributed by atoms with Gasteiger partial charge in [-0.25, -0.2) is 4.98 Å². The number of aliphatic carboxylic acids is 1. The second kappa shape index (κ2) is 40.8. The Bertz CT molecular complexity index is 2500. The average molecular weight is 1250 g/mol. The minimum atomic E-state index is -1.79. The van der Waals surface area contributed by atoms with E-state index in [1.54, 1.807) is 6.26 Å². The molecule has 0 radical (unpaired) electrons. The van der Waals surface area contributed by atoms with Crippen molar-refractivity contribution < 1.29 is 87.1 Å². The predicted molar refractivity (Wildman–Crippen MR) is 313 cm³/mol. The maximum atomic E-state index is 13.9. The number of imide groups is 1. The molecule has 9 atom stereocenters. The van der Waals surface area contributed by atoms with Gasteiger partial charge in [-0.1, -0.05) is 13.8 Å². The van der Waals surface area contributed by atoms with Gasteiger partial charge in [0.25, 0.3) is 0 Å². The Labute approximate surface area is 508 Å². The molecule has 0 aliphatic carbocycles. The predicted octanol–water partition coefficient (Wildman–Crippen LogP) is -4.82. The highest BCUT2D eigenvalue weighted by atomic mass is 32.2. The van der Waals surface area contributed by atoms with Crippen molar-refractivity contribution in [2.45, 2.75) is 127 Å². The highest BCUT2D eigenvalue weighted by Gasteiger charge is 2.44. The van der Waals surface area contributed by atoms with Crippen LogP contribution in [0.5, 0.6) is 0 Å². The fourth-order valence-corrected chi connectivity index (χ4v) is 9.89. The number of methoxy groups -OCH3 is 1. The molecule has 2 heterocycles. The summed E-state index contributed by atoms with van der Waals surface area (Å²) in [6.45, 7) is 1.90. The number of amides is 9. The zero-order chi connectivity index (χ0) is 65.2. The summed E-state index contributed by atoms with van der Waals surface area (Å²) in [7, 11) is 1.53. The van der Waals surface area contributed by atoms with Gasteiger partial charge >= 0.3 is 5.97 Å². The number of nitrogens with two attached hydrogens (primary N) is 4. The van der Waals surface area contributed by atoms with E-state index < -0.39 is 188 Å². The molecule has 33 heteroatoms. The molecule has 0 bridgehead atoms. The minimum Gasteiger partial charge on any atom is -0.481 e. The number of nitrogens with zero attached hydrogens (tertiary/aromatic N) is 3. The third kappa shape index (κ3) is 28.7. The number of H-pyrrole nitrogens is 1. The number of thioether (sulfide) groups is 1. The van der Waals surface area contributed by atoms with Crippen LogP contribution in [0.2, 0.25) is 0 Å². The number of guanidine groups is 1. The van der Waals surface area contributed by atoms with Crippen molar-refractivity contribution in [1.82, 2.24) is 46.8 Å². The number of nitrogens with one attached hydrogen (secondary N) is 7. The molecule has 87 heavy (non-hydrogen) atoms. The highest BCUT2D eigenvalue weighted by Crippen LogP contribution is 2.26. The van der Waals surface area contributed by atoms with Crippen LogP contribution in [0.25, 0.3) is 0 Å². The Morgan fingerprint density at radius 2 is 1.41 bits per heavy atom. The number of hydrogen-bond acceptors (Lipinski definition) is 21. The van der Waals surface area contributed by atoms with E-state index in [9.17, 15) is 77.6 Å². The lowest BCUT2D eigenvalue weighted by atomic mass is 9.90. The minimum absolute atomic E-state index is 0.00857. The smallest absolute Gasteiger partial charge is 0.304 e. The Kier molecular flexibility index (Phi) is 35.5. The number of hydrogen-bond donors (Lipinski definition) is 14. The number of aromatic nitrogens is 2. The summed E-state index contributed by atoms with van der Waals surface area (Å²) in [6, 6.07) is -5.41. The molecule has 2 rings (SSSR count). The van der Waals surface area contributed by atoms with Crippen molar-refractivity contribution in [3.8, 4) is 0 Å². The molecule has 18 N–H and O–H groups in total. The topological polar surface area (TPSA) is 522 Å². The van der Waals surface area contributed by atoms with Gasteiger partial charge in [0.15, 0.2) is 23.3 Å². The van der Waals surface area contributed by atoms with E-state index in [-0.39, 0.29) is 70.0 Å². The van der Waals surface area contributed by atoms with Gasteiger partial charge in [-0.15, -0.1) is 0 Å². The zero-order valence-electron chi connectivity index (χ0n) is 49.7. The van der Waals surface area contributed by atoms with Gasteiger partial charge in [-0.2, -0.15) is 11.8 Å². The van der Waals surface area contributed by atoms with E-state index in [4.69, 9.17) is 32.4 Å². The second-order valence-corrected chi connectivity index (χ2v) is 22.3. The standard InChI is InChI=1S/C54H88N14O18S/c1-30(2)15-35(65-52(83)40(23-55)68-46(76)22-43(87-4)53(68)84)9-8-32(27-69)48(79)62-25-37(71)17-31(7-5-10-61-54(57)58)50(81)67-39(28-70)42(73)19-34(20-47(77)78)51(82)66-38(21-44(56)74)41(72)18-33(16-36-24-59-29-64-36)49(80)63-26-45(75)60-11-6-12-86-14-13-85-3/h24,29-35,38-40,43,69-70H,5-23,25-28,55H2,1-4H3,(H2,56,74)(H,59,64)(H,60,75)(H,62,79)(H,63,80)(H,65,83)(H,66,82)(H,67,81)(H,77,78)(H4,57,58,61)/t31-,32+,33-,34+,35-,38+,39+,40+,43?/m1/s1. The molecule has 1 fully saturated rings. The number of aliphatic hydroxyl groups is 2. The maximum Gasteiger partial charge on any atom is 0.304 e. The fourth-order valence-electron chi connectivity index (χ4n) is 9.27. The van der Waals surface area contributed by atoms with Gasteiger partial charge in [0.05, 0.1) is 87.7 Å². The Morgan fingerprint density at radius 3 is 2.00 bits per heavy atom. The summed E-state index contributed by atoms with van der Waals surface area (Å²) < 4.78 is 10.3. The van der Waals surface area contributed by atoms with E-state index in [2.05, 4.69) is 46.9 Å². The molecule has 9 amide bonds. The van der Waals surface area contributed by atoms with Crippen LogP contribution in [0, 0.1) is 29.6 Å². The number of likely N-dealkylation sites (tertiary alicyclic amines) is 1. The molecule has 1 aliphatic heterocycles. The first-order valence-corrected chi connectivity index (χ1v) is 29.8. The van der Waals surface area contributed by atoms with Gasteiger partial charge in [-0.3, -0.25) is 72.2 Å². The average Bonchev–Trinajstić information content (AvgIpc) is 2.05. The molecule has 1 saturated heterocycles. The number of ether oxygens (including phenoxy) is 2. The van der Waals surface area contributed by atoms with Crippen molar-refractivity contribution in [3.05, 3.63) is 18.2 Å². The van der Waals surface area contributed by atoms with Gasteiger partial charge in [0, 0.05) is 89.3 Å². The molecule has 32 nitrogen and oxygen atoms in total. The van der Waals surface area contributed by atoms with Crippen molar-refractivity contribution >= 4 is 94.2 Å². The lowest BCUT2D eigenvalue weighted by molar-refractivity contribution is -0.146. The van der Waals surface area contributed by atoms with Crippen molar-refractivity contribution in [1.29, 1.82) is 0 Å². The molecule has 1 aliphatic rings. The number of carboxylic acids is 1. The number of aliphatic imine (C=N–C) groups is 1. The molecule has 488 valence electrons. The largest absolute Gasteiger partial charge is 0.481 e. The van der Waals surface area contributed by atoms with Gasteiger partial charge in [0.1, 0.15) is 12.1 Å². The number of ketones is 3. The molecule has 0 spiro atoms. The number of aromatic amines is 1. The summed E-state index contributed by atoms with van der Waals surface area (Å²) in [5, 5.41) is 44.7. The fraction of sp³-hybridized carbons (Fsp3) is 0.685. The van der Waals surface area contributed by atoms with Crippen LogP contribution < -0.4 is 54.8 Å². The number of Topliss-reactive ketones (excluding diaryl/α,β-unsaturated/α-hetero) is 3. The number of aliphatic hydroxyl groups excluding tert-OH is 2. The lowest BCUT2D eigenvalue weighted by Gasteiger charge is -2.28. The van der Waals surface area contributed by atoms with E-state index in [1.807, 2.05) is 13.8 Å². The normalized spacial score (nSPS) is 15.8. The van der Waals surface area contributed by atoms with Crippen LogP contribution in [0.4, 0.5) is 0 Å². The van der Waals surface area contributed by atoms with Gasteiger partial charge < -0.3 is 84.6 Å². The van der Waals surface area contributed by atoms with Gasteiger partial charge in [-0.05, 0) is 50.7 Å². The zero-order valence-corrected chi connectivity index (χ0v) is 50.5. The molecule has 1 unspecified atom stereocenters. The molecular weight excluding hydrogens is 1160 g/mol. The number of carbonyl (C=O) groups is 13. The maximum absolute atomic E-state index is 13.9. The first kappa shape index (κ1) is 75.6. The van der Waals surface area contributed by atoms with E-state index in [0.717, 1.165) is 4.90 Å². The van der Waals surface area contributed by atoms with Crippen molar-refractivity contribution in [2.24, 2.45) is 57.5 Å². The highest BCUT2D eigenvalue weighted by molar-refractivity contribution is 8.00. The van der Waals surface area contributed by atoms with Crippen LogP contribution in [0.3, 0.4) is 0 Å². The summed E-state index contributed by atoms with van der Waals surface area (Å²) in [4.78, 5) is 183. The molecule has 1 aromatic rings. The third-order valence-corrected chi connectivity index (χ3v) is 14.8. The number of primary amides is 1. The van der Waals surface area contributed by atoms with Crippen LogP contribution >= 0.6 is 11.8 Å². The number of rotatable bonds is 47. The number of carbonyl (C=O) groups excluding carboxylic acids is 12. The van der Waals surface area contributed by atoms with Crippen LogP contribution in [0.1, 0.15) is 96.6 Å². The van der Waals surface area contributed by atoms with E-state index >= 15 is 0 Å². The van der Waals surface area contributed by atoms with Crippen molar-refractivity contribution in [3.63, 3.8) is 0 Å². The Hall–Kier alpha value is -7.46. The SMILES string of the molecule is COCCOCCCNC(=O)CNC(=O)[C@@H](CC(=O)[C@H](CC(N)=O)NC(=O)[C@H](CC(=O)O)CC(=O)[C@H](CO)NC(=O)[C@H](CCCN=C(N)N)CC(=O)CNC(=O)[C@H](CO)CC[C@H](CC(C)C)NC(=O)[C@H](CN)N1C(=O)CC(SC)C1=O)Cc1cnc[nH]1. The summed E-state index contributed by atoms with van der Waals surface area (Å²) in [5.41, 5.74) is 22.6. The molecular formula is C54H88N14O18S. The van der Waals surface area contributed by atoms with Crippen molar-refractivity contribution in [2.75, 3.05) is 79.1 Å². The quantitative estimate of drug-likeness (QED) is 0.0126.